The molecule has 0 aromatic heterocycles. The zero-order valence-corrected chi connectivity index (χ0v) is 6.22. The number of aliphatic hydroxyl groups excluding tert-OH is 1. The average molecular weight is 201 g/mol. The van der Waals surface area contributed by atoms with Crippen LogP contribution in [0.2, 0.25) is 0 Å². The fraction of sp³-hybridized carbons (Fsp3) is 0.250. The average Bonchev–Trinajstić information content (AvgIpc) is 1.88. The van der Waals surface area contributed by atoms with E-state index in [0.29, 0.717) is 0 Å². The van der Waals surface area contributed by atoms with E-state index < -0.39 is 23.5 Å². The molecule has 0 aliphatic heterocycles. The normalized spacial score (nSPS) is 10.5. The summed E-state index contributed by atoms with van der Waals surface area (Å²) in [5.74, 6) is -5.07. The summed E-state index contributed by atoms with van der Waals surface area (Å²) in [5, 5.41) is 30.2. The van der Waals surface area contributed by atoms with Crippen LogP contribution in [0, 0.1) is 0 Å². The highest BCUT2D eigenvalue weighted by atomic mass is 35.5. The molecule has 0 heterocycles. The van der Waals surface area contributed by atoms with E-state index in [1.165, 1.54) is 0 Å². The van der Waals surface area contributed by atoms with Gasteiger partial charge in [0.15, 0.2) is 0 Å². The van der Waals surface area contributed by atoms with E-state index in [1.54, 1.807) is 0 Å². The van der Waals surface area contributed by atoms with E-state index >= 15 is 0 Å². The zero-order chi connectivity index (χ0) is 10.3. The van der Waals surface area contributed by atoms with Crippen LogP contribution in [0.4, 0.5) is 0 Å². The fourth-order valence-corrected chi connectivity index (χ4v) is 0. The van der Waals surface area contributed by atoms with Crippen molar-refractivity contribution < 1.29 is 34.8 Å². The third-order valence-corrected chi connectivity index (χ3v) is 0.573. The SMILES string of the molecule is O=C(O)C(=O)O.O=C(O)C(O)Cl. The van der Waals surface area contributed by atoms with Crippen LogP contribution in [0.15, 0.2) is 0 Å². The maximum absolute atomic E-state index is 9.32. The summed E-state index contributed by atoms with van der Waals surface area (Å²) in [6.45, 7) is 0. The maximum Gasteiger partial charge on any atom is 0.414 e. The lowest BCUT2D eigenvalue weighted by Crippen LogP contribution is -2.10. The van der Waals surface area contributed by atoms with Gasteiger partial charge in [-0.05, 0) is 0 Å². The van der Waals surface area contributed by atoms with Gasteiger partial charge in [0, 0.05) is 0 Å². The predicted molar refractivity (Wildman–Crippen MR) is 34.8 cm³/mol. The molecule has 1 unspecified atom stereocenters. The number of carbonyl (C=O) groups is 3. The van der Waals surface area contributed by atoms with E-state index in [0.717, 1.165) is 0 Å². The third-order valence-electron chi connectivity index (χ3n) is 0.387. The van der Waals surface area contributed by atoms with Gasteiger partial charge in [0.25, 0.3) is 0 Å². The van der Waals surface area contributed by atoms with Crippen LogP contribution in [0.25, 0.3) is 0 Å². The summed E-state index contributed by atoms with van der Waals surface area (Å²) in [5.41, 5.74) is -1.76. The Morgan fingerprint density at radius 2 is 1.17 bits per heavy atom. The molecule has 8 heteroatoms. The smallest absolute Gasteiger partial charge is 0.414 e. The number of rotatable bonds is 1. The maximum atomic E-state index is 9.32. The minimum Gasteiger partial charge on any atom is -0.478 e. The molecule has 4 N–H and O–H groups in total. The highest BCUT2D eigenvalue weighted by molar-refractivity contribution is 6.28. The Hall–Kier alpha value is -1.34. The van der Waals surface area contributed by atoms with Crippen molar-refractivity contribution in [3.05, 3.63) is 0 Å². The van der Waals surface area contributed by atoms with Crippen molar-refractivity contribution in [3.63, 3.8) is 0 Å². The zero-order valence-electron chi connectivity index (χ0n) is 5.47. The summed E-state index contributed by atoms with van der Waals surface area (Å²) >= 11 is 4.57. The Kier molecular flexibility index (Phi) is 7.05. The topological polar surface area (TPSA) is 132 Å². The van der Waals surface area contributed by atoms with Gasteiger partial charge in [-0.2, -0.15) is 0 Å². The Labute approximate surface area is 70.8 Å². The van der Waals surface area contributed by atoms with Crippen molar-refractivity contribution in [2.24, 2.45) is 0 Å². The van der Waals surface area contributed by atoms with Crippen molar-refractivity contribution in [1.29, 1.82) is 0 Å². The van der Waals surface area contributed by atoms with Crippen LogP contribution in [-0.2, 0) is 14.4 Å². The molecule has 12 heavy (non-hydrogen) atoms. The molecular weight excluding hydrogens is 195 g/mol. The van der Waals surface area contributed by atoms with Crippen molar-refractivity contribution in [3.8, 4) is 0 Å². The van der Waals surface area contributed by atoms with Crippen molar-refractivity contribution in [2.45, 2.75) is 5.56 Å². The molecule has 0 radical (unpaired) electrons. The highest BCUT2D eigenvalue weighted by Crippen LogP contribution is 1.85. The van der Waals surface area contributed by atoms with Crippen LogP contribution in [0.3, 0.4) is 0 Å². The quantitative estimate of drug-likeness (QED) is 0.308. The van der Waals surface area contributed by atoms with E-state index in [-0.39, 0.29) is 0 Å². The van der Waals surface area contributed by atoms with Crippen LogP contribution < -0.4 is 0 Å². The lowest BCUT2D eigenvalue weighted by molar-refractivity contribution is -0.159. The molecule has 7 nitrogen and oxygen atoms in total. The van der Waals surface area contributed by atoms with Gasteiger partial charge in [0.1, 0.15) is 0 Å². The number of hydrogen-bond donors (Lipinski definition) is 4. The Morgan fingerprint density at radius 1 is 1.00 bits per heavy atom. The number of alkyl halides is 1. The second kappa shape index (κ2) is 6.38. The Balaban J connectivity index is 0. The third kappa shape index (κ3) is 11.5. The van der Waals surface area contributed by atoms with Gasteiger partial charge in [-0.15, -0.1) is 0 Å². The highest BCUT2D eigenvalue weighted by Gasteiger charge is 2.05. The van der Waals surface area contributed by atoms with Gasteiger partial charge in [0.05, 0.1) is 0 Å². The predicted octanol–water partition coefficient (Wildman–Crippen LogP) is -1.22. The summed E-state index contributed by atoms with van der Waals surface area (Å²) in [4.78, 5) is 27.5. The molecule has 0 saturated carbocycles. The summed E-state index contributed by atoms with van der Waals surface area (Å²) in [6, 6.07) is 0. The van der Waals surface area contributed by atoms with Crippen LogP contribution >= 0.6 is 11.6 Å². The first-order valence-electron chi connectivity index (χ1n) is 2.30. The lowest BCUT2D eigenvalue weighted by atomic mass is 10.7. The molecule has 70 valence electrons. The summed E-state index contributed by atoms with van der Waals surface area (Å²) < 4.78 is 0. The largest absolute Gasteiger partial charge is 0.478 e. The molecule has 0 rings (SSSR count). The molecule has 0 fully saturated rings. The number of aliphatic carboxylic acids is 3. The molecule has 1 atom stereocenters. The molecule has 0 aliphatic carbocycles. The van der Waals surface area contributed by atoms with Gasteiger partial charge in [-0.1, -0.05) is 11.6 Å². The molecule has 0 aliphatic rings. The molecule has 0 spiro atoms. The van der Waals surface area contributed by atoms with E-state index in [4.69, 9.17) is 30.0 Å². The van der Waals surface area contributed by atoms with Crippen molar-refractivity contribution in [1.82, 2.24) is 0 Å². The number of halogens is 1. The van der Waals surface area contributed by atoms with Gasteiger partial charge in [-0.3, -0.25) is 0 Å². The number of carboxylic acid groups (broad SMARTS) is 3. The summed E-state index contributed by atoms with van der Waals surface area (Å²) in [7, 11) is 0. The molecule has 0 aromatic carbocycles. The first-order chi connectivity index (χ1) is 5.29. The first-order valence-corrected chi connectivity index (χ1v) is 2.73. The van der Waals surface area contributed by atoms with Crippen LogP contribution in [-0.4, -0.2) is 43.9 Å². The second-order valence-electron chi connectivity index (χ2n) is 1.28. The van der Waals surface area contributed by atoms with Gasteiger partial charge in [0.2, 0.25) is 5.56 Å². The number of carboxylic acids is 3. The van der Waals surface area contributed by atoms with Gasteiger partial charge >= 0.3 is 17.9 Å². The summed E-state index contributed by atoms with van der Waals surface area (Å²) in [6.07, 6.45) is 0. The van der Waals surface area contributed by atoms with Crippen LogP contribution in [0.1, 0.15) is 0 Å². The monoisotopic (exact) mass is 200 g/mol. The number of aliphatic hydroxyl groups is 1. The number of hydrogen-bond acceptors (Lipinski definition) is 4. The van der Waals surface area contributed by atoms with Crippen molar-refractivity contribution in [2.75, 3.05) is 0 Å². The molecule has 0 aromatic rings. The van der Waals surface area contributed by atoms with Gasteiger partial charge in [-0.25, -0.2) is 14.4 Å². The minimum atomic E-state index is -1.82. The second-order valence-corrected chi connectivity index (χ2v) is 1.70. The molecular formula is C4H5ClO7. The molecule has 0 bridgehead atoms. The first kappa shape index (κ1) is 13.3. The van der Waals surface area contributed by atoms with E-state index in [2.05, 4.69) is 11.6 Å². The Morgan fingerprint density at radius 3 is 1.17 bits per heavy atom. The van der Waals surface area contributed by atoms with E-state index in [1.807, 2.05) is 0 Å². The van der Waals surface area contributed by atoms with E-state index in [9.17, 15) is 4.79 Å². The van der Waals surface area contributed by atoms with Crippen molar-refractivity contribution >= 4 is 29.5 Å². The fourth-order valence-electron chi connectivity index (χ4n) is 0. The lowest BCUT2D eigenvalue weighted by Gasteiger charge is -1.86. The minimum absolute atomic E-state index is 1.42. The van der Waals surface area contributed by atoms with Gasteiger partial charge < -0.3 is 20.4 Å². The van der Waals surface area contributed by atoms with Crippen LogP contribution in [0.5, 0.6) is 0 Å². The Bertz CT molecular complexity index is 174. The standard InChI is InChI=1S/C2H3ClO3.C2H2O4/c2*3-1(4)2(5)6/h1,4H,(H,5,6);(H,3,4)(H,5,6). The molecule has 0 amide bonds. The molecule has 0 saturated heterocycles.